The van der Waals surface area contributed by atoms with Crippen LogP contribution in [0.2, 0.25) is 18.1 Å². The molecule has 0 saturated carbocycles. The van der Waals surface area contributed by atoms with Crippen LogP contribution in [0.15, 0.2) is 0 Å². The quantitative estimate of drug-likeness (QED) is 0.534. The lowest BCUT2D eigenvalue weighted by atomic mass is 9.98. The van der Waals surface area contributed by atoms with Gasteiger partial charge < -0.3 is 19.4 Å². The highest BCUT2D eigenvalue weighted by molar-refractivity contribution is 6.74. The van der Waals surface area contributed by atoms with Crippen molar-refractivity contribution in [3.05, 3.63) is 0 Å². The standard InChI is InChI=1S/C15H32O4Si/c1-11(9-19-20(5,6)15(2,3)4)14(17)8-12(16)7-13-10-18-13/h11-14,16-17H,7-10H2,1-6H3/t11-,12-,13-,14+/m0/s1. The van der Waals surface area contributed by atoms with Crippen LogP contribution in [0.3, 0.4) is 0 Å². The van der Waals surface area contributed by atoms with E-state index in [0.717, 1.165) is 6.61 Å². The summed E-state index contributed by atoms with van der Waals surface area (Å²) in [5, 5.41) is 20.2. The molecule has 4 atom stereocenters. The number of hydrogen-bond acceptors (Lipinski definition) is 4. The van der Waals surface area contributed by atoms with Crippen LogP contribution < -0.4 is 0 Å². The van der Waals surface area contributed by atoms with Gasteiger partial charge in [-0.25, -0.2) is 0 Å². The Hall–Kier alpha value is 0.0569. The third-order valence-corrected chi connectivity index (χ3v) is 9.12. The topological polar surface area (TPSA) is 62.2 Å². The van der Waals surface area contributed by atoms with Crippen LogP contribution in [-0.4, -0.2) is 50.1 Å². The fraction of sp³-hybridized carbons (Fsp3) is 1.00. The van der Waals surface area contributed by atoms with E-state index in [4.69, 9.17) is 9.16 Å². The van der Waals surface area contributed by atoms with Crippen LogP contribution in [0, 0.1) is 5.92 Å². The van der Waals surface area contributed by atoms with Gasteiger partial charge in [0.25, 0.3) is 0 Å². The summed E-state index contributed by atoms with van der Waals surface area (Å²) < 4.78 is 11.2. The second kappa shape index (κ2) is 6.88. The zero-order valence-corrected chi connectivity index (χ0v) is 14.8. The molecule has 1 aliphatic heterocycles. The molecule has 5 heteroatoms. The van der Waals surface area contributed by atoms with E-state index >= 15 is 0 Å². The predicted octanol–water partition coefficient (Wildman–Crippen LogP) is 2.55. The molecule has 20 heavy (non-hydrogen) atoms. The Morgan fingerprint density at radius 1 is 1.30 bits per heavy atom. The maximum absolute atomic E-state index is 10.2. The number of aliphatic hydroxyl groups is 2. The van der Waals surface area contributed by atoms with Crippen LogP contribution in [0.1, 0.15) is 40.5 Å². The fourth-order valence-electron chi connectivity index (χ4n) is 1.78. The minimum absolute atomic E-state index is 0.0406. The molecule has 0 spiro atoms. The highest BCUT2D eigenvalue weighted by Gasteiger charge is 2.37. The second-order valence-corrected chi connectivity index (χ2v) is 12.5. The van der Waals surface area contributed by atoms with Crippen molar-refractivity contribution in [3.8, 4) is 0 Å². The molecule has 0 amide bonds. The van der Waals surface area contributed by atoms with Gasteiger partial charge in [-0.3, -0.25) is 0 Å². The molecule has 1 saturated heterocycles. The molecule has 0 unspecified atom stereocenters. The number of rotatable bonds is 8. The lowest BCUT2D eigenvalue weighted by Gasteiger charge is -2.37. The molecular formula is C15H32O4Si. The van der Waals surface area contributed by atoms with Gasteiger partial charge in [-0.2, -0.15) is 0 Å². The van der Waals surface area contributed by atoms with E-state index in [1.54, 1.807) is 0 Å². The van der Waals surface area contributed by atoms with Gasteiger partial charge in [0.1, 0.15) is 0 Å². The average molecular weight is 305 g/mol. The van der Waals surface area contributed by atoms with Gasteiger partial charge in [-0.05, 0) is 24.6 Å². The maximum Gasteiger partial charge on any atom is 0.191 e. The molecule has 0 radical (unpaired) electrons. The van der Waals surface area contributed by atoms with E-state index in [1.807, 2.05) is 6.92 Å². The zero-order valence-electron chi connectivity index (χ0n) is 13.8. The molecule has 2 N–H and O–H groups in total. The normalized spacial score (nSPS) is 24.3. The van der Waals surface area contributed by atoms with Gasteiger partial charge in [0.05, 0.1) is 24.9 Å². The average Bonchev–Trinajstić information content (AvgIpc) is 3.07. The lowest BCUT2D eigenvalue weighted by Crippen LogP contribution is -2.43. The molecule has 0 aromatic rings. The summed E-state index contributed by atoms with van der Waals surface area (Å²) in [6, 6.07) is 0. The number of hydrogen-bond donors (Lipinski definition) is 2. The number of epoxide rings is 1. The first-order valence-corrected chi connectivity index (χ1v) is 10.6. The molecule has 0 aliphatic carbocycles. The van der Waals surface area contributed by atoms with Crippen molar-refractivity contribution in [2.45, 2.75) is 77.0 Å². The molecule has 0 aromatic carbocycles. The molecule has 1 heterocycles. The van der Waals surface area contributed by atoms with E-state index in [9.17, 15) is 10.2 Å². The number of aliphatic hydroxyl groups excluding tert-OH is 2. The summed E-state index contributed by atoms with van der Waals surface area (Å²) in [6.07, 6.45) is 0.242. The van der Waals surface area contributed by atoms with Crippen molar-refractivity contribution in [2.75, 3.05) is 13.2 Å². The van der Waals surface area contributed by atoms with E-state index in [2.05, 4.69) is 33.9 Å². The third kappa shape index (κ3) is 5.82. The van der Waals surface area contributed by atoms with E-state index < -0.39 is 20.5 Å². The van der Waals surface area contributed by atoms with E-state index in [-0.39, 0.29) is 17.1 Å². The molecule has 1 rings (SSSR count). The summed E-state index contributed by atoms with van der Waals surface area (Å²) in [5.41, 5.74) is 0. The summed E-state index contributed by atoms with van der Waals surface area (Å²) >= 11 is 0. The van der Waals surface area contributed by atoms with Crippen molar-refractivity contribution in [3.63, 3.8) is 0 Å². The Labute approximate surface area is 124 Å². The van der Waals surface area contributed by atoms with Gasteiger partial charge in [0, 0.05) is 18.9 Å². The fourth-order valence-corrected chi connectivity index (χ4v) is 2.89. The molecule has 120 valence electrons. The Morgan fingerprint density at radius 3 is 2.30 bits per heavy atom. The van der Waals surface area contributed by atoms with Crippen molar-refractivity contribution < 1.29 is 19.4 Å². The van der Waals surface area contributed by atoms with Crippen LogP contribution in [0.5, 0.6) is 0 Å². The Morgan fingerprint density at radius 2 is 1.85 bits per heavy atom. The highest BCUT2D eigenvalue weighted by Crippen LogP contribution is 2.37. The molecule has 4 nitrogen and oxygen atoms in total. The molecule has 0 aromatic heterocycles. The van der Waals surface area contributed by atoms with Crippen LogP contribution in [-0.2, 0) is 9.16 Å². The van der Waals surface area contributed by atoms with E-state index in [0.29, 0.717) is 19.4 Å². The van der Waals surface area contributed by atoms with Crippen LogP contribution in [0.4, 0.5) is 0 Å². The van der Waals surface area contributed by atoms with Gasteiger partial charge >= 0.3 is 0 Å². The predicted molar refractivity (Wildman–Crippen MR) is 83.3 cm³/mol. The first-order valence-electron chi connectivity index (χ1n) is 7.64. The highest BCUT2D eigenvalue weighted by atomic mass is 28.4. The van der Waals surface area contributed by atoms with Crippen molar-refractivity contribution in [1.29, 1.82) is 0 Å². The summed E-state index contributed by atoms with van der Waals surface area (Å²) in [4.78, 5) is 0. The van der Waals surface area contributed by atoms with Crippen molar-refractivity contribution in [2.24, 2.45) is 5.92 Å². The first-order chi connectivity index (χ1) is 9.03. The molecule has 1 aliphatic rings. The van der Waals surface area contributed by atoms with Crippen molar-refractivity contribution in [1.82, 2.24) is 0 Å². The minimum atomic E-state index is -1.76. The monoisotopic (exact) mass is 304 g/mol. The van der Waals surface area contributed by atoms with Gasteiger partial charge in [-0.15, -0.1) is 0 Å². The maximum atomic E-state index is 10.2. The largest absolute Gasteiger partial charge is 0.416 e. The number of ether oxygens (including phenoxy) is 1. The first kappa shape index (κ1) is 18.1. The third-order valence-electron chi connectivity index (χ3n) is 4.62. The van der Waals surface area contributed by atoms with Gasteiger partial charge in [0.2, 0.25) is 0 Å². The van der Waals surface area contributed by atoms with Gasteiger partial charge in [0.15, 0.2) is 8.32 Å². The molecular weight excluding hydrogens is 272 g/mol. The summed E-state index contributed by atoms with van der Waals surface area (Å²) in [7, 11) is -1.76. The Kier molecular flexibility index (Phi) is 6.23. The Balaban J connectivity index is 2.31. The lowest BCUT2D eigenvalue weighted by molar-refractivity contribution is 0.0262. The Bertz CT molecular complexity index is 297. The van der Waals surface area contributed by atoms with E-state index in [1.165, 1.54) is 0 Å². The molecule has 0 bridgehead atoms. The second-order valence-electron chi connectivity index (χ2n) is 7.70. The molecule has 1 fully saturated rings. The SMILES string of the molecule is C[C@@H](CO[Si](C)(C)C(C)(C)C)[C@H](O)C[C@@H](O)C[C@H]1CO1. The minimum Gasteiger partial charge on any atom is -0.416 e. The summed E-state index contributed by atoms with van der Waals surface area (Å²) in [6.45, 7) is 14.3. The van der Waals surface area contributed by atoms with Crippen LogP contribution >= 0.6 is 0 Å². The zero-order chi connectivity index (χ0) is 15.6. The summed E-state index contributed by atoms with van der Waals surface area (Å²) in [5.74, 6) is 0.0406. The smallest absolute Gasteiger partial charge is 0.191 e. The van der Waals surface area contributed by atoms with Crippen molar-refractivity contribution >= 4 is 8.32 Å². The van der Waals surface area contributed by atoms with Crippen LogP contribution in [0.25, 0.3) is 0 Å². The van der Waals surface area contributed by atoms with Gasteiger partial charge in [-0.1, -0.05) is 27.7 Å².